The summed E-state index contributed by atoms with van der Waals surface area (Å²) < 4.78 is 22.4. The molecule has 0 bridgehead atoms. The molecule has 0 unspecified atom stereocenters. The van der Waals surface area contributed by atoms with Crippen molar-refractivity contribution in [3.05, 3.63) is 48.3 Å². The lowest BCUT2D eigenvalue weighted by molar-refractivity contribution is -0.186. The number of ether oxygens (including phenoxy) is 4. The van der Waals surface area contributed by atoms with E-state index in [0.29, 0.717) is 16.9 Å². The van der Waals surface area contributed by atoms with Crippen LogP contribution in [0.3, 0.4) is 0 Å². The first-order valence-corrected chi connectivity index (χ1v) is 11.1. The molecule has 10 heteroatoms. The van der Waals surface area contributed by atoms with Crippen molar-refractivity contribution in [2.45, 2.75) is 44.5 Å². The molecule has 2 heterocycles. The summed E-state index contributed by atoms with van der Waals surface area (Å²) in [6, 6.07) is 10.8. The van der Waals surface area contributed by atoms with Crippen LogP contribution >= 0.6 is 11.8 Å². The molecule has 0 aliphatic carbocycles. The quantitative estimate of drug-likeness (QED) is 0.459. The van der Waals surface area contributed by atoms with Crippen LogP contribution < -0.4 is 4.74 Å². The van der Waals surface area contributed by atoms with Crippen molar-refractivity contribution in [2.75, 3.05) is 5.75 Å². The number of nitrogens with zero attached hydrogens (tertiary/aromatic N) is 2. The molecule has 0 N–H and O–H groups in total. The summed E-state index contributed by atoms with van der Waals surface area (Å²) in [6.45, 7) is 3.70. The highest BCUT2D eigenvalue weighted by molar-refractivity contribution is 7.99. The van der Waals surface area contributed by atoms with E-state index in [-0.39, 0.29) is 5.75 Å². The van der Waals surface area contributed by atoms with E-state index >= 15 is 0 Å². The molecule has 0 spiro atoms. The second kappa shape index (κ2) is 10.8. The Bertz CT molecular complexity index is 1070. The van der Waals surface area contributed by atoms with Gasteiger partial charge in [-0.15, -0.1) is 11.8 Å². The van der Waals surface area contributed by atoms with E-state index in [1.54, 1.807) is 36.5 Å². The number of esters is 3. The predicted molar refractivity (Wildman–Crippen MR) is 118 cm³/mol. The monoisotopic (exact) mass is 470 g/mol. The largest absolute Gasteiger partial charge is 0.473 e. The van der Waals surface area contributed by atoms with Crippen LogP contribution in [0.25, 0.3) is 11.1 Å². The topological polar surface area (TPSA) is 125 Å². The van der Waals surface area contributed by atoms with Crippen LogP contribution in [0.5, 0.6) is 5.75 Å². The molecule has 1 aliphatic heterocycles. The van der Waals surface area contributed by atoms with Gasteiger partial charge in [0.2, 0.25) is 0 Å². The number of pyridine rings is 1. The van der Waals surface area contributed by atoms with Gasteiger partial charge in [0.05, 0.1) is 17.8 Å². The summed E-state index contributed by atoms with van der Waals surface area (Å²) in [6.07, 6.45) is 0.237. The number of hydrogen-bond acceptors (Lipinski definition) is 10. The second-order valence-corrected chi connectivity index (χ2v) is 8.31. The molecule has 1 fully saturated rings. The standard InChI is InChI=1S/C23H22N2O7S/c1-13(26)29-20-12-33-23(22(31-15(3)28)21(20)30-14(2)27)32-19-11-25-9-8-18(19)17-6-4-16(10-24)5-7-17/h4-9,11,20-23H,12H2,1-3H3/t20-,21+,22-,23+/m1/s1. The molecule has 0 radical (unpaired) electrons. The molecule has 1 aromatic carbocycles. The minimum atomic E-state index is -1.04. The number of aromatic nitrogens is 1. The fraction of sp³-hybridized carbons (Fsp3) is 0.348. The first-order valence-electron chi connectivity index (χ1n) is 10.0. The minimum absolute atomic E-state index is 0.256. The van der Waals surface area contributed by atoms with Gasteiger partial charge in [-0.3, -0.25) is 19.4 Å². The van der Waals surface area contributed by atoms with Crippen LogP contribution in [-0.4, -0.2) is 52.4 Å². The molecule has 4 atom stereocenters. The summed E-state index contributed by atoms with van der Waals surface area (Å²) in [4.78, 5) is 39.3. The average molecular weight is 471 g/mol. The van der Waals surface area contributed by atoms with Crippen molar-refractivity contribution in [3.63, 3.8) is 0 Å². The molecule has 3 rings (SSSR count). The van der Waals surface area contributed by atoms with Crippen molar-refractivity contribution in [3.8, 4) is 22.9 Å². The first-order chi connectivity index (χ1) is 15.8. The van der Waals surface area contributed by atoms with E-state index in [1.807, 2.05) is 0 Å². The molecule has 0 saturated carbocycles. The lowest BCUT2D eigenvalue weighted by atomic mass is 10.0. The molecular formula is C23H22N2O7S. The average Bonchev–Trinajstić information content (AvgIpc) is 2.77. The van der Waals surface area contributed by atoms with Gasteiger partial charge in [0, 0.05) is 38.3 Å². The highest BCUT2D eigenvalue weighted by atomic mass is 32.2. The molecular weight excluding hydrogens is 448 g/mol. The van der Waals surface area contributed by atoms with E-state index in [9.17, 15) is 14.4 Å². The van der Waals surface area contributed by atoms with E-state index in [0.717, 1.165) is 5.56 Å². The summed E-state index contributed by atoms with van der Waals surface area (Å²) >= 11 is 1.26. The third-order valence-electron chi connectivity index (χ3n) is 4.66. The van der Waals surface area contributed by atoms with Crippen molar-refractivity contribution in [1.82, 2.24) is 4.98 Å². The van der Waals surface area contributed by atoms with Crippen LogP contribution in [0.1, 0.15) is 26.3 Å². The molecule has 33 heavy (non-hydrogen) atoms. The number of rotatable bonds is 6. The zero-order valence-electron chi connectivity index (χ0n) is 18.2. The lowest BCUT2D eigenvalue weighted by Gasteiger charge is -2.40. The summed E-state index contributed by atoms with van der Waals surface area (Å²) in [5.41, 5.74) is 1.26. The fourth-order valence-electron chi connectivity index (χ4n) is 3.37. The van der Waals surface area contributed by atoms with Gasteiger partial charge in [0.25, 0.3) is 0 Å². The van der Waals surface area contributed by atoms with E-state index in [4.69, 9.17) is 24.2 Å². The Morgan fingerprint density at radius 1 is 0.970 bits per heavy atom. The fourth-order valence-corrected chi connectivity index (χ4v) is 4.58. The predicted octanol–water partition coefficient (Wildman–Crippen LogP) is 2.87. The number of carbonyl (C=O) groups excluding carboxylic acids is 3. The van der Waals surface area contributed by atoms with E-state index in [2.05, 4.69) is 11.1 Å². The Morgan fingerprint density at radius 3 is 2.21 bits per heavy atom. The second-order valence-electron chi connectivity index (χ2n) is 7.18. The number of carbonyl (C=O) groups is 3. The van der Waals surface area contributed by atoms with E-state index < -0.39 is 41.7 Å². The SMILES string of the molecule is CC(=O)O[C@@H]1[C@@H](OC(C)=O)[C@@H](Oc2cnccc2-c2ccc(C#N)cc2)SC[C@H]1OC(C)=O. The Kier molecular flexibility index (Phi) is 7.90. The van der Waals surface area contributed by atoms with Gasteiger partial charge < -0.3 is 18.9 Å². The van der Waals surface area contributed by atoms with Crippen LogP contribution in [0.2, 0.25) is 0 Å². The Labute approximate surface area is 195 Å². The normalized spacial score (nSPS) is 21.9. The zero-order valence-corrected chi connectivity index (χ0v) is 19.0. The van der Waals surface area contributed by atoms with Crippen molar-refractivity contribution in [1.29, 1.82) is 5.26 Å². The molecule has 2 aromatic rings. The molecule has 1 saturated heterocycles. The zero-order chi connectivity index (χ0) is 24.0. The van der Waals surface area contributed by atoms with Gasteiger partial charge in [0.15, 0.2) is 23.7 Å². The highest BCUT2D eigenvalue weighted by Crippen LogP contribution is 2.37. The lowest BCUT2D eigenvalue weighted by Crippen LogP contribution is -2.55. The molecule has 1 aromatic heterocycles. The van der Waals surface area contributed by atoms with Crippen LogP contribution in [0.4, 0.5) is 0 Å². The van der Waals surface area contributed by atoms with Crippen LogP contribution in [-0.2, 0) is 28.6 Å². The Morgan fingerprint density at radius 2 is 1.61 bits per heavy atom. The smallest absolute Gasteiger partial charge is 0.303 e. The van der Waals surface area contributed by atoms with E-state index in [1.165, 1.54) is 38.7 Å². The van der Waals surface area contributed by atoms with Gasteiger partial charge in [-0.25, -0.2) is 0 Å². The van der Waals surface area contributed by atoms with Gasteiger partial charge >= 0.3 is 17.9 Å². The van der Waals surface area contributed by atoms with Gasteiger partial charge in [0.1, 0.15) is 5.75 Å². The van der Waals surface area contributed by atoms with Crippen molar-refractivity contribution >= 4 is 29.7 Å². The third kappa shape index (κ3) is 6.23. The number of benzene rings is 1. The molecule has 172 valence electrons. The molecule has 9 nitrogen and oxygen atoms in total. The minimum Gasteiger partial charge on any atom is -0.473 e. The van der Waals surface area contributed by atoms with Gasteiger partial charge in [-0.2, -0.15) is 5.26 Å². The summed E-state index contributed by atoms with van der Waals surface area (Å²) in [5.74, 6) is -1.10. The van der Waals surface area contributed by atoms with Gasteiger partial charge in [-0.1, -0.05) is 12.1 Å². The highest BCUT2D eigenvalue weighted by Gasteiger charge is 2.47. The van der Waals surface area contributed by atoms with Crippen molar-refractivity contribution in [2.24, 2.45) is 0 Å². The molecule has 1 aliphatic rings. The van der Waals surface area contributed by atoms with Crippen LogP contribution in [0, 0.1) is 11.3 Å². The Hall–Kier alpha value is -3.58. The van der Waals surface area contributed by atoms with Crippen molar-refractivity contribution < 1.29 is 33.3 Å². The first kappa shape index (κ1) is 24.1. The molecule has 0 amide bonds. The third-order valence-corrected chi connectivity index (χ3v) is 5.87. The summed E-state index contributed by atoms with van der Waals surface area (Å²) in [7, 11) is 0. The Balaban J connectivity index is 1.93. The number of nitriles is 1. The number of thioether (sulfide) groups is 1. The maximum Gasteiger partial charge on any atom is 0.303 e. The number of hydrogen-bond donors (Lipinski definition) is 0. The van der Waals surface area contributed by atoms with Crippen LogP contribution in [0.15, 0.2) is 42.7 Å². The maximum atomic E-state index is 11.8. The summed E-state index contributed by atoms with van der Waals surface area (Å²) in [5, 5.41) is 9.04. The van der Waals surface area contributed by atoms with Gasteiger partial charge in [-0.05, 0) is 23.8 Å². The maximum absolute atomic E-state index is 11.8.